The molecule has 1 fully saturated rings. The van der Waals surface area contributed by atoms with Crippen LogP contribution in [0.2, 0.25) is 0 Å². The third-order valence-corrected chi connectivity index (χ3v) is 7.66. The zero-order valence-corrected chi connectivity index (χ0v) is 16.3. The number of nitrogens with zero attached hydrogens (tertiary/aromatic N) is 4. The average Bonchev–Trinajstić information content (AvgIpc) is 3.26. The van der Waals surface area contributed by atoms with Crippen molar-refractivity contribution >= 4 is 33.4 Å². The molecule has 4 rings (SSSR count). The topological polar surface area (TPSA) is 102 Å². The first-order valence-electron chi connectivity index (χ1n) is 8.55. The molecule has 0 aliphatic carbocycles. The van der Waals surface area contributed by atoms with Crippen LogP contribution in [-0.2, 0) is 16.9 Å². The summed E-state index contributed by atoms with van der Waals surface area (Å²) in [5.41, 5.74) is 0.881. The molecule has 0 spiro atoms. The largest absolute Gasteiger partial charge is 0.309 e. The van der Waals surface area contributed by atoms with Gasteiger partial charge in [-0.1, -0.05) is 23.9 Å². The van der Waals surface area contributed by atoms with Gasteiger partial charge in [0.25, 0.3) is 11.8 Å². The van der Waals surface area contributed by atoms with E-state index in [1.54, 1.807) is 28.8 Å². The maximum absolute atomic E-state index is 12.4. The minimum atomic E-state index is -2.99. The van der Waals surface area contributed by atoms with E-state index in [0.717, 1.165) is 0 Å². The molecule has 2 aliphatic rings. The zero-order valence-electron chi connectivity index (χ0n) is 14.7. The lowest BCUT2D eigenvalue weighted by molar-refractivity contribution is 0.0664. The monoisotopic (exact) mass is 406 g/mol. The molecule has 2 aliphatic heterocycles. The predicted molar refractivity (Wildman–Crippen MR) is 99.5 cm³/mol. The van der Waals surface area contributed by atoms with Gasteiger partial charge in [-0.15, -0.1) is 10.2 Å². The molecule has 27 heavy (non-hydrogen) atoms. The molecular formula is C17H18N4O4S2. The number of hydrogen-bond acceptors (Lipinski definition) is 7. The minimum absolute atomic E-state index is 0.110. The highest BCUT2D eigenvalue weighted by Crippen LogP contribution is 2.29. The van der Waals surface area contributed by atoms with Crippen molar-refractivity contribution in [2.75, 3.05) is 23.8 Å². The van der Waals surface area contributed by atoms with E-state index in [0.29, 0.717) is 34.3 Å². The van der Waals surface area contributed by atoms with Crippen molar-refractivity contribution in [1.82, 2.24) is 19.7 Å². The standard InChI is InChI=1S/C17H18N4O4S2/c1-20-14(11-6-9-27(24,25)10-11)18-19-17(20)26-8-7-21-15(22)12-4-2-3-5-13(12)16(21)23/h2-5,11H,6-10H2,1H3/t11-/m0/s1. The zero-order chi connectivity index (χ0) is 19.2. The van der Waals surface area contributed by atoms with Gasteiger partial charge in [-0.3, -0.25) is 14.5 Å². The Kier molecular flexibility index (Phi) is 4.55. The maximum Gasteiger partial charge on any atom is 0.261 e. The summed E-state index contributed by atoms with van der Waals surface area (Å²) >= 11 is 1.39. The number of carbonyl (C=O) groups excluding carboxylic acids is 2. The Morgan fingerprint density at radius 2 is 1.81 bits per heavy atom. The second kappa shape index (κ2) is 6.75. The number of fused-ring (bicyclic) bond motifs is 1. The highest BCUT2D eigenvalue weighted by atomic mass is 32.2. The van der Waals surface area contributed by atoms with Crippen molar-refractivity contribution < 1.29 is 18.0 Å². The van der Waals surface area contributed by atoms with Gasteiger partial charge in [0, 0.05) is 25.3 Å². The summed E-state index contributed by atoms with van der Waals surface area (Å²) in [6.07, 6.45) is 0.564. The van der Waals surface area contributed by atoms with Crippen LogP contribution < -0.4 is 0 Å². The summed E-state index contributed by atoms with van der Waals surface area (Å²) in [5.74, 6) is 0.778. The van der Waals surface area contributed by atoms with Crippen LogP contribution in [0.5, 0.6) is 0 Å². The number of carbonyl (C=O) groups is 2. The van der Waals surface area contributed by atoms with E-state index in [9.17, 15) is 18.0 Å². The van der Waals surface area contributed by atoms with Gasteiger partial charge in [0.1, 0.15) is 5.82 Å². The van der Waals surface area contributed by atoms with Crippen LogP contribution in [0.4, 0.5) is 0 Å². The molecule has 0 unspecified atom stereocenters. The van der Waals surface area contributed by atoms with Crippen LogP contribution in [0.3, 0.4) is 0 Å². The minimum Gasteiger partial charge on any atom is -0.309 e. The first kappa shape index (κ1) is 18.2. The fourth-order valence-electron chi connectivity index (χ4n) is 3.48. The first-order valence-corrected chi connectivity index (χ1v) is 11.4. The quantitative estimate of drug-likeness (QED) is 0.541. The molecule has 1 aromatic heterocycles. The molecule has 1 atom stereocenters. The van der Waals surface area contributed by atoms with Crippen LogP contribution in [0.15, 0.2) is 29.4 Å². The lowest BCUT2D eigenvalue weighted by Crippen LogP contribution is -2.31. The van der Waals surface area contributed by atoms with Gasteiger partial charge in [0.15, 0.2) is 15.0 Å². The van der Waals surface area contributed by atoms with Gasteiger partial charge >= 0.3 is 0 Å². The number of hydrogen-bond donors (Lipinski definition) is 0. The number of rotatable bonds is 5. The number of aromatic nitrogens is 3. The molecule has 3 heterocycles. The molecule has 1 saturated heterocycles. The van der Waals surface area contributed by atoms with Gasteiger partial charge in [-0.05, 0) is 18.6 Å². The van der Waals surface area contributed by atoms with Gasteiger partial charge < -0.3 is 4.57 Å². The van der Waals surface area contributed by atoms with Crippen LogP contribution >= 0.6 is 11.8 Å². The normalized spacial score (nSPS) is 21.1. The van der Waals surface area contributed by atoms with Crippen LogP contribution in [0.1, 0.15) is 38.9 Å². The Bertz CT molecular complexity index is 996. The maximum atomic E-state index is 12.4. The van der Waals surface area contributed by atoms with Crippen LogP contribution in [0, 0.1) is 0 Å². The van der Waals surface area contributed by atoms with E-state index in [-0.39, 0.29) is 35.8 Å². The van der Waals surface area contributed by atoms with E-state index in [1.165, 1.54) is 16.7 Å². The second-order valence-electron chi connectivity index (χ2n) is 6.66. The number of imide groups is 1. The Morgan fingerprint density at radius 1 is 1.15 bits per heavy atom. The molecule has 0 saturated carbocycles. The predicted octanol–water partition coefficient (Wildman–Crippen LogP) is 1.11. The second-order valence-corrected chi connectivity index (χ2v) is 9.95. The van der Waals surface area contributed by atoms with E-state index in [2.05, 4.69) is 10.2 Å². The summed E-state index contributed by atoms with van der Waals surface area (Å²) < 4.78 is 25.2. The molecule has 8 nitrogen and oxygen atoms in total. The van der Waals surface area contributed by atoms with E-state index < -0.39 is 9.84 Å². The van der Waals surface area contributed by atoms with E-state index >= 15 is 0 Å². The molecule has 2 amide bonds. The average molecular weight is 406 g/mol. The molecule has 2 aromatic rings. The van der Waals surface area contributed by atoms with Gasteiger partial charge in [-0.25, -0.2) is 8.42 Å². The van der Waals surface area contributed by atoms with Crippen molar-refractivity contribution in [1.29, 1.82) is 0 Å². The first-order chi connectivity index (χ1) is 12.9. The number of amides is 2. The Morgan fingerprint density at radius 3 is 2.41 bits per heavy atom. The molecule has 0 radical (unpaired) electrons. The molecule has 10 heteroatoms. The summed E-state index contributed by atoms with van der Waals surface area (Å²) in [4.78, 5) is 26.0. The number of benzene rings is 1. The Hall–Kier alpha value is -2.20. The van der Waals surface area contributed by atoms with Gasteiger partial charge in [-0.2, -0.15) is 0 Å². The van der Waals surface area contributed by atoms with Crippen molar-refractivity contribution in [2.45, 2.75) is 17.5 Å². The van der Waals surface area contributed by atoms with Crippen molar-refractivity contribution in [3.63, 3.8) is 0 Å². The van der Waals surface area contributed by atoms with E-state index in [4.69, 9.17) is 0 Å². The fraction of sp³-hybridized carbons (Fsp3) is 0.412. The Balaban J connectivity index is 1.40. The number of sulfone groups is 1. The van der Waals surface area contributed by atoms with Gasteiger partial charge in [0.2, 0.25) is 0 Å². The molecular weight excluding hydrogens is 388 g/mol. The van der Waals surface area contributed by atoms with E-state index in [1.807, 2.05) is 7.05 Å². The highest BCUT2D eigenvalue weighted by Gasteiger charge is 2.35. The lowest BCUT2D eigenvalue weighted by Gasteiger charge is -2.13. The SMILES string of the molecule is Cn1c(SCCN2C(=O)c3ccccc3C2=O)nnc1[C@H]1CCS(=O)(=O)C1. The van der Waals surface area contributed by atoms with Crippen LogP contribution in [0.25, 0.3) is 0 Å². The van der Waals surface area contributed by atoms with Crippen molar-refractivity contribution in [3.05, 3.63) is 41.2 Å². The third-order valence-electron chi connectivity index (χ3n) is 4.89. The summed E-state index contributed by atoms with van der Waals surface area (Å²) in [6.45, 7) is 0.275. The molecule has 0 bridgehead atoms. The Labute approximate surface area is 160 Å². The third kappa shape index (κ3) is 3.27. The lowest BCUT2D eigenvalue weighted by atomic mass is 10.1. The molecule has 0 N–H and O–H groups in total. The smallest absolute Gasteiger partial charge is 0.261 e. The molecule has 142 valence electrons. The highest BCUT2D eigenvalue weighted by molar-refractivity contribution is 7.99. The summed E-state index contributed by atoms with van der Waals surface area (Å²) in [5, 5.41) is 8.94. The van der Waals surface area contributed by atoms with Crippen molar-refractivity contribution in [2.24, 2.45) is 7.05 Å². The molecule has 1 aromatic carbocycles. The van der Waals surface area contributed by atoms with Crippen LogP contribution in [-0.4, -0.2) is 63.7 Å². The van der Waals surface area contributed by atoms with Crippen molar-refractivity contribution in [3.8, 4) is 0 Å². The number of thioether (sulfide) groups is 1. The summed E-state index contributed by atoms with van der Waals surface area (Å²) in [7, 11) is -1.18. The summed E-state index contributed by atoms with van der Waals surface area (Å²) in [6, 6.07) is 6.81. The van der Waals surface area contributed by atoms with Gasteiger partial charge in [0.05, 0.1) is 22.6 Å². The fourth-order valence-corrected chi connectivity index (χ4v) is 6.06.